The molecule has 3 heterocycles. The highest BCUT2D eigenvalue weighted by Gasteiger charge is 2.13. The lowest BCUT2D eigenvalue weighted by molar-refractivity contribution is 0.262. The molecule has 0 saturated carbocycles. The smallest absolute Gasteiger partial charge is 0.324 e. The van der Waals surface area contributed by atoms with Crippen LogP contribution in [0.1, 0.15) is 11.4 Å². The summed E-state index contributed by atoms with van der Waals surface area (Å²) in [5.74, 6) is 1.89. The summed E-state index contributed by atoms with van der Waals surface area (Å²) in [6.07, 6.45) is 1.66. The van der Waals surface area contributed by atoms with Crippen LogP contribution in [0.2, 0.25) is 0 Å². The predicted molar refractivity (Wildman–Crippen MR) is 146 cm³/mol. The summed E-state index contributed by atoms with van der Waals surface area (Å²) in [4.78, 5) is 21.3. The van der Waals surface area contributed by atoms with Crippen LogP contribution in [-0.4, -0.2) is 33.3 Å². The van der Waals surface area contributed by atoms with E-state index in [1.807, 2.05) is 37.3 Å². The first-order valence-electron chi connectivity index (χ1n) is 11.2. The van der Waals surface area contributed by atoms with Gasteiger partial charge in [0.2, 0.25) is 0 Å². The quantitative estimate of drug-likeness (QED) is 0.185. The lowest BCUT2D eigenvalue weighted by atomic mass is 10.2. The van der Waals surface area contributed by atoms with Crippen LogP contribution in [0.25, 0.3) is 16.2 Å². The van der Waals surface area contributed by atoms with E-state index in [9.17, 15) is 4.79 Å². The molecule has 3 aromatic heterocycles. The molecule has 5 rings (SSSR count). The van der Waals surface area contributed by atoms with E-state index in [0.717, 1.165) is 20.8 Å². The van der Waals surface area contributed by atoms with Crippen molar-refractivity contribution >= 4 is 55.9 Å². The molecule has 11 heteroatoms. The largest absolute Gasteiger partial charge is 0.493 e. The van der Waals surface area contributed by atoms with Gasteiger partial charge in [0.15, 0.2) is 17.3 Å². The van der Waals surface area contributed by atoms with Gasteiger partial charge in [0.25, 0.3) is 0 Å². The number of aromatic nitrogens is 4. The number of ether oxygens (including phenoxy) is 2. The Kier molecular flexibility index (Phi) is 6.68. The number of carbonyl (C=O) groups is 1. The zero-order chi connectivity index (χ0) is 25.8. The Hall–Kier alpha value is -4.90. The number of hydrogen-bond donors (Lipinski definition) is 4. The van der Waals surface area contributed by atoms with Crippen LogP contribution < -0.4 is 25.4 Å². The number of fused-ring (bicyclic) bond motifs is 1. The summed E-state index contributed by atoms with van der Waals surface area (Å²) < 4.78 is 12.5. The average molecular weight is 514 g/mol. The first kappa shape index (κ1) is 23.8. The van der Waals surface area contributed by atoms with Crippen LogP contribution in [0.4, 0.5) is 27.1 Å². The van der Waals surface area contributed by atoms with Gasteiger partial charge < -0.3 is 20.1 Å². The Bertz CT molecular complexity index is 1560. The average Bonchev–Trinajstić information content (AvgIpc) is 3.50. The minimum Gasteiger partial charge on any atom is -0.493 e. The lowest BCUT2D eigenvalue weighted by Gasteiger charge is -2.13. The van der Waals surface area contributed by atoms with Gasteiger partial charge in [-0.1, -0.05) is 24.8 Å². The summed E-state index contributed by atoms with van der Waals surface area (Å²) >= 11 is 1.51. The van der Waals surface area contributed by atoms with Gasteiger partial charge in [0.05, 0.1) is 17.8 Å². The van der Waals surface area contributed by atoms with E-state index < -0.39 is 0 Å². The Labute approximate surface area is 216 Å². The summed E-state index contributed by atoms with van der Waals surface area (Å²) in [6, 6.07) is 18.3. The number of nitrogens with zero attached hydrogens (tertiary/aromatic N) is 3. The molecule has 0 unspecified atom stereocenters. The number of carbonyl (C=O) groups excluding carboxylic acids is 1. The monoisotopic (exact) mass is 513 g/mol. The number of H-pyrrole nitrogens is 1. The minimum atomic E-state index is -0.363. The van der Waals surface area contributed by atoms with Crippen molar-refractivity contribution < 1.29 is 14.3 Å². The molecule has 4 N–H and O–H groups in total. The number of aryl methyl sites for hydroxylation is 1. The number of amides is 2. The highest BCUT2D eigenvalue weighted by atomic mass is 32.1. The Morgan fingerprint density at radius 2 is 1.89 bits per heavy atom. The first-order valence-corrected chi connectivity index (χ1v) is 12.0. The van der Waals surface area contributed by atoms with Gasteiger partial charge in [0.1, 0.15) is 5.82 Å². The van der Waals surface area contributed by atoms with E-state index in [2.05, 4.69) is 42.7 Å². The van der Waals surface area contributed by atoms with E-state index >= 15 is 0 Å². The molecule has 0 aliphatic heterocycles. The molecule has 0 aliphatic carbocycles. The molecular formula is C26H23N7O3S. The van der Waals surface area contributed by atoms with Crippen molar-refractivity contribution in [3.63, 3.8) is 0 Å². The summed E-state index contributed by atoms with van der Waals surface area (Å²) in [5.41, 5.74) is 2.01. The molecule has 0 atom stereocenters. The Balaban J connectivity index is 1.28. The van der Waals surface area contributed by atoms with E-state index in [-0.39, 0.29) is 12.0 Å². The molecule has 0 spiro atoms. The van der Waals surface area contributed by atoms with Crippen molar-refractivity contribution in [2.75, 3.05) is 23.1 Å². The maximum absolute atomic E-state index is 12.6. The summed E-state index contributed by atoms with van der Waals surface area (Å²) in [6.45, 7) is 5.54. The van der Waals surface area contributed by atoms with Crippen molar-refractivity contribution in [1.29, 1.82) is 0 Å². The third kappa shape index (κ3) is 5.68. The number of urea groups is 1. The molecule has 0 radical (unpaired) electrons. The summed E-state index contributed by atoms with van der Waals surface area (Å²) in [7, 11) is 1.52. The third-order valence-corrected chi connectivity index (χ3v) is 6.22. The van der Waals surface area contributed by atoms with Gasteiger partial charge in [-0.3, -0.25) is 10.4 Å². The second kappa shape index (κ2) is 10.4. The van der Waals surface area contributed by atoms with Crippen molar-refractivity contribution in [1.82, 2.24) is 20.2 Å². The van der Waals surface area contributed by atoms with Crippen LogP contribution in [0.15, 0.2) is 67.2 Å². The second-order valence-corrected chi connectivity index (χ2v) is 8.99. The van der Waals surface area contributed by atoms with E-state index in [0.29, 0.717) is 34.5 Å². The van der Waals surface area contributed by atoms with Gasteiger partial charge in [-0.25, -0.2) is 9.78 Å². The van der Waals surface area contributed by atoms with Gasteiger partial charge in [-0.05, 0) is 42.7 Å². The van der Waals surface area contributed by atoms with Gasteiger partial charge in [-0.15, -0.1) is 11.3 Å². The normalized spacial score (nSPS) is 10.6. The highest BCUT2D eigenvalue weighted by Crippen LogP contribution is 2.34. The van der Waals surface area contributed by atoms with E-state index in [1.54, 1.807) is 36.4 Å². The molecule has 0 aliphatic rings. The third-order valence-electron chi connectivity index (χ3n) is 5.19. The standard InChI is InChI=1S/C26H23N7O3S/c1-4-17-14-23(33-32-17)29-22-11-15(2)27-26(30-22)36-19-10-9-18(13-20(19)35-3)28-25(34)31-24-12-16-7-5-6-8-21(16)37-24/h4-14H,1H2,2-3H3,(H2,28,31,34)(H2,27,29,30,32,33). The number of thiophene rings is 1. The van der Waals surface area contributed by atoms with Gasteiger partial charge in [-0.2, -0.15) is 10.1 Å². The second-order valence-electron chi connectivity index (χ2n) is 7.91. The lowest BCUT2D eigenvalue weighted by Crippen LogP contribution is -2.18. The molecule has 37 heavy (non-hydrogen) atoms. The number of benzene rings is 2. The number of methoxy groups -OCH3 is 1. The van der Waals surface area contributed by atoms with Crippen molar-refractivity contribution in [2.24, 2.45) is 0 Å². The van der Waals surface area contributed by atoms with E-state index in [4.69, 9.17) is 9.47 Å². The predicted octanol–water partition coefficient (Wildman–Crippen LogP) is 6.55. The molecule has 2 aromatic carbocycles. The number of rotatable bonds is 8. The fourth-order valence-corrected chi connectivity index (χ4v) is 4.49. The molecule has 0 bridgehead atoms. The number of nitrogens with one attached hydrogen (secondary N) is 4. The molecule has 0 fully saturated rings. The number of aromatic amines is 1. The first-order chi connectivity index (χ1) is 18.0. The van der Waals surface area contributed by atoms with Crippen LogP contribution in [0, 0.1) is 6.92 Å². The Morgan fingerprint density at radius 1 is 1.03 bits per heavy atom. The SMILES string of the molecule is C=Cc1cc(Nc2cc(C)nc(Oc3ccc(NC(=O)Nc4cc5ccccc5s4)cc3OC)n2)n[nH]1. The highest BCUT2D eigenvalue weighted by molar-refractivity contribution is 7.22. The number of anilines is 4. The van der Waals surface area contributed by atoms with Crippen LogP contribution in [-0.2, 0) is 0 Å². The topological polar surface area (TPSA) is 126 Å². The molecular weight excluding hydrogens is 490 g/mol. The maximum atomic E-state index is 12.6. The molecule has 186 valence electrons. The zero-order valence-corrected chi connectivity index (χ0v) is 20.8. The van der Waals surface area contributed by atoms with Crippen molar-refractivity contribution in [2.45, 2.75) is 6.92 Å². The molecule has 10 nitrogen and oxygen atoms in total. The minimum absolute atomic E-state index is 0.128. The molecule has 2 amide bonds. The fraction of sp³-hybridized carbons (Fsp3) is 0.0769. The van der Waals surface area contributed by atoms with Crippen LogP contribution in [0.3, 0.4) is 0 Å². The summed E-state index contributed by atoms with van der Waals surface area (Å²) in [5, 5.41) is 17.6. The van der Waals surface area contributed by atoms with Crippen LogP contribution in [0.5, 0.6) is 17.5 Å². The van der Waals surface area contributed by atoms with Gasteiger partial charge in [0, 0.05) is 34.3 Å². The fourth-order valence-electron chi connectivity index (χ4n) is 3.53. The Morgan fingerprint density at radius 3 is 2.68 bits per heavy atom. The zero-order valence-electron chi connectivity index (χ0n) is 20.0. The maximum Gasteiger partial charge on any atom is 0.324 e. The van der Waals surface area contributed by atoms with Crippen molar-refractivity contribution in [3.05, 3.63) is 78.6 Å². The number of hydrogen-bond acceptors (Lipinski definition) is 8. The molecule has 0 saturated heterocycles. The van der Waals surface area contributed by atoms with Crippen molar-refractivity contribution in [3.8, 4) is 17.5 Å². The van der Waals surface area contributed by atoms with E-state index in [1.165, 1.54) is 18.4 Å². The van der Waals surface area contributed by atoms with Gasteiger partial charge >= 0.3 is 12.0 Å². The molecule has 5 aromatic rings. The van der Waals surface area contributed by atoms with Crippen LogP contribution >= 0.6 is 11.3 Å².